The summed E-state index contributed by atoms with van der Waals surface area (Å²) in [4.78, 5) is 0. The first kappa shape index (κ1) is 12.0. The fourth-order valence-corrected chi connectivity index (χ4v) is 2.97. The van der Waals surface area contributed by atoms with Gasteiger partial charge in [0.15, 0.2) is 0 Å². The van der Waals surface area contributed by atoms with Gasteiger partial charge in [-0.05, 0) is 19.0 Å². The van der Waals surface area contributed by atoms with Gasteiger partial charge in [-0.2, -0.15) is 11.8 Å². The third-order valence-corrected chi connectivity index (χ3v) is 3.98. The molecule has 1 aromatic rings. The Hall–Kier alpha value is -0.510. The first-order chi connectivity index (χ1) is 7.90. The molecule has 0 amide bonds. The van der Waals surface area contributed by atoms with Gasteiger partial charge in [-0.25, -0.2) is 0 Å². The molecule has 1 aliphatic heterocycles. The van der Waals surface area contributed by atoms with E-state index in [9.17, 15) is 0 Å². The molecule has 0 radical (unpaired) electrons. The normalized spacial score (nSPS) is 22.9. The number of rotatable bonds is 4. The molecule has 3 heteroatoms. The maximum atomic E-state index is 5.82. The summed E-state index contributed by atoms with van der Waals surface area (Å²) in [5.74, 6) is 2.25. The van der Waals surface area contributed by atoms with E-state index in [2.05, 4.69) is 35.6 Å². The summed E-state index contributed by atoms with van der Waals surface area (Å²) in [6.45, 7) is 0.891. The predicted octanol–water partition coefficient (Wildman–Crippen LogP) is 1.95. The van der Waals surface area contributed by atoms with Crippen LogP contribution in [-0.2, 0) is 11.2 Å². The van der Waals surface area contributed by atoms with Crippen molar-refractivity contribution in [3.8, 4) is 0 Å². The van der Waals surface area contributed by atoms with Crippen molar-refractivity contribution in [1.29, 1.82) is 0 Å². The van der Waals surface area contributed by atoms with Crippen molar-refractivity contribution in [2.75, 3.05) is 25.2 Å². The van der Waals surface area contributed by atoms with Crippen LogP contribution in [0.5, 0.6) is 0 Å². The van der Waals surface area contributed by atoms with Crippen LogP contribution >= 0.6 is 11.8 Å². The van der Waals surface area contributed by atoms with Crippen molar-refractivity contribution < 1.29 is 4.74 Å². The molecule has 1 aliphatic rings. The Morgan fingerprint density at radius 3 is 2.88 bits per heavy atom. The van der Waals surface area contributed by atoms with E-state index in [1.165, 1.54) is 5.56 Å². The van der Waals surface area contributed by atoms with Crippen LogP contribution in [0.15, 0.2) is 30.3 Å². The first-order valence-corrected chi connectivity index (χ1v) is 6.96. The van der Waals surface area contributed by atoms with Crippen LogP contribution in [0.2, 0.25) is 0 Å². The van der Waals surface area contributed by atoms with E-state index in [0.29, 0.717) is 12.1 Å². The van der Waals surface area contributed by atoms with E-state index in [1.54, 1.807) is 0 Å². The minimum atomic E-state index is 0.351. The number of likely N-dealkylation sites (N-methyl/N-ethyl adjacent to an activating group) is 1. The van der Waals surface area contributed by atoms with Crippen molar-refractivity contribution in [1.82, 2.24) is 5.32 Å². The second kappa shape index (κ2) is 6.28. The molecular formula is C13H19NOS. The molecule has 1 N–H and O–H groups in total. The van der Waals surface area contributed by atoms with E-state index >= 15 is 0 Å². The second-order valence-electron chi connectivity index (χ2n) is 4.07. The molecule has 2 atom stereocenters. The molecule has 88 valence electrons. The third kappa shape index (κ3) is 3.24. The highest BCUT2D eigenvalue weighted by atomic mass is 32.2. The molecule has 1 heterocycles. The smallest absolute Gasteiger partial charge is 0.0821 e. The molecule has 0 spiro atoms. The van der Waals surface area contributed by atoms with Crippen LogP contribution in [0, 0.1) is 0 Å². The van der Waals surface area contributed by atoms with E-state index in [1.807, 2.05) is 18.8 Å². The molecule has 16 heavy (non-hydrogen) atoms. The molecular weight excluding hydrogens is 218 g/mol. The summed E-state index contributed by atoms with van der Waals surface area (Å²) in [7, 11) is 2.02. The van der Waals surface area contributed by atoms with Gasteiger partial charge in [-0.15, -0.1) is 0 Å². The summed E-state index contributed by atoms with van der Waals surface area (Å²) in [5, 5.41) is 3.38. The minimum absolute atomic E-state index is 0.351. The van der Waals surface area contributed by atoms with Gasteiger partial charge in [0.05, 0.1) is 12.7 Å². The van der Waals surface area contributed by atoms with E-state index in [4.69, 9.17) is 4.74 Å². The number of hydrogen-bond donors (Lipinski definition) is 1. The third-order valence-electron chi connectivity index (χ3n) is 2.96. The molecule has 0 aliphatic carbocycles. The van der Waals surface area contributed by atoms with Gasteiger partial charge in [0.1, 0.15) is 0 Å². The van der Waals surface area contributed by atoms with Crippen molar-refractivity contribution in [3.05, 3.63) is 35.9 Å². The van der Waals surface area contributed by atoms with Gasteiger partial charge in [0.25, 0.3) is 0 Å². The largest absolute Gasteiger partial charge is 0.375 e. The molecule has 2 rings (SSSR count). The Morgan fingerprint density at radius 2 is 2.25 bits per heavy atom. The number of benzene rings is 1. The standard InChI is InChI=1S/C13H19NOS/c1-14-12(13-10-16-8-7-15-13)9-11-5-3-2-4-6-11/h2-6,12-14H,7-10H2,1H3. The summed E-state index contributed by atoms with van der Waals surface area (Å²) in [5.41, 5.74) is 1.38. The average molecular weight is 237 g/mol. The number of ether oxygens (including phenoxy) is 1. The lowest BCUT2D eigenvalue weighted by molar-refractivity contribution is 0.0492. The van der Waals surface area contributed by atoms with Crippen LogP contribution < -0.4 is 5.32 Å². The minimum Gasteiger partial charge on any atom is -0.375 e. The van der Waals surface area contributed by atoms with Crippen LogP contribution in [0.4, 0.5) is 0 Å². The quantitative estimate of drug-likeness (QED) is 0.865. The maximum Gasteiger partial charge on any atom is 0.0821 e. The Kier molecular flexibility index (Phi) is 4.69. The van der Waals surface area contributed by atoms with E-state index < -0.39 is 0 Å². The van der Waals surface area contributed by atoms with Crippen molar-refractivity contribution in [3.63, 3.8) is 0 Å². The van der Waals surface area contributed by atoms with Gasteiger partial charge in [-0.1, -0.05) is 30.3 Å². The Morgan fingerprint density at radius 1 is 1.44 bits per heavy atom. The number of hydrogen-bond acceptors (Lipinski definition) is 3. The van der Waals surface area contributed by atoms with Gasteiger partial charge in [-0.3, -0.25) is 0 Å². The zero-order valence-electron chi connectivity index (χ0n) is 9.69. The first-order valence-electron chi connectivity index (χ1n) is 5.80. The number of thioether (sulfide) groups is 1. The van der Waals surface area contributed by atoms with Crippen molar-refractivity contribution in [2.24, 2.45) is 0 Å². The van der Waals surface area contributed by atoms with E-state index in [0.717, 1.165) is 24.5 Å². The highest BCUT2D eigenvalue weighted by Gasteiger charge is 2.23. The molecule has 0 bridgehead atoms. The zero-order chi connectivity index (χ0) is 11.2. The van der Waals surface area contributed by atoms with Gasteiger partial charge >= 0.3 is 0 Å². The van der Waals surface area contributed by atoms with Crippen LogP contribution in [0.1, 0.15) is 5.56 Å². The molecule has 1 saturated heterocycles. The lowest BCUT2D eigenvalue weighted by Gasteiger charge is -2.30. The molecule has 2 unspecified atom stereocenters. The molecule has 0 aromatic heterocycles. The fourth-order valence-electron chi connectivity index (χ4n) is 2.03. The second-order valence-corrected chi connectivity index (χ2v) is 5.22. The van der Waals surface area contributed by atoms with Crippen molar-refractivity contribution in [2.45, 2.75) is 18.6 Å². The van der Waals surface area contributed by atoms with Gasteiger partial charge < -0.3 is 10.1 Å². The predicted molar refractivity (Wildman–Crippen MR) is 70.1 cm³/mol. The van der Waals surface area contributed by atoms with E-state index in [-0.39, 0.29) is 0 Å². The molecule has 1 aromatic carbocycles. The highest BCUT2D eigenvalue weighted by molar-refractivity contribution is 7.99. The fraction of sp³-hybridized carbons (Fsp3) is 0.538. The van der Waals surface area contributed by atoms with Crippen LogP contribution in [0.25, 0.3) is 0 Å². The Balaban J connectivity index is 1.94. The molecule has 0 saturated carbocycles. The highest BCUT2D eigenvalue weighted by Crippen LogP contribution is 2.17. The summed E-state index contributed by atoms with van der Waals surface area (Å²) >= 11 is 1.99. The average Bonchev–Trinajstić information content (AvgIpc) is 2.38. The SMILES string of the molecule is CNC(Cc1ccccc1)C1CSCCO1. The zero-order valence-corrected chi connectivity index (χ0v) is 10.5. The lowest BCUT2D eigenvalue weighted by atomic mass is 10.0. The maximum absolute atomic E-state index is 5.82. The molecule has 1 fully saturated rings. The van der Waals surface area contributed by atoms with Gasteiger partial charge in [0.2, 0.25) is 0 Å². The summed E-state index contributed by atoms with van der Waals surface area (Å²) in [6, 6.07) is 11.0. The van der Waals surface area contributed by atoms with Gasteiger partial charge in [0, 0.05) is 17.5 Å². The van der Waals surface area contributed by atoms with Crippen LogP contribution in [-0.4, -0.2) is 37.3 Å². The topological polar surface area (TPSA) is 21.3 Å². The summed E-state index contributed by atoms with van der Waals surface area (Å²) < 4.78 is 5.82. The Bertz CT molecular complexity index is 298. The summed E-state index contributed by atoms with van der Waals surface area (Å²) in [6.07, 6.45) is 1.40. The lowest BCUT2D eigenvalue weighted by Crippen LogP contribution is -2.44. The number of nitrogens with one attached hydrogen (secondary N) is 1. The van der Waals surface area contributed by atoms with Crippen LogP contribution in [0.3, 0.4) is 0 Å². The monoisotopic (exact) mass is 237 g/mol. The molecule has 2 nitrogen and oxygen atoms in total. The Labute approximate surface area is 102 Å². The van der Waals surface area contributed by atoms with Crippen molar-refractivity contribution >= 4 is 11.8 Å².